The molecule has 4 heterocycles. The maximum atomic E-state index is 4.81. The Morgan fingerprint density at radius 2 is 0.789 bits per heavy atom. The largest absolute Gasteiger partial charge is 0.264 e. The van der Waals surface area contributed by atoms with Gasteiger partial charge in [0.15, 0.2) is 0 Å². The van der Waals surface area contributed by atoms with Crippen LogP contribution in [0.15, 0.2) is 134 Å². The second-order valence-corrected chi connectivity index (χ2v) is 9.19. The number of hydrogen-bond donors (Lipinski definition) is 0. The molecular weight excluding hydrogens is 464 g/mol. The van der Waals surface area contributed by atoms with Gasteiger partial charge in [0.05, 0.1) is 11.4 Å². The van der Waals surface area contributed by atoms with Gasteiger partial charge in [-0.25, -0.2) is 0 Å². The molecule has 0 saturated carbocycles. The fraction of sp³-hybridized carbons (Fsp3) is 0. The van der Waals surface area contributed by atoms with Gasteiger partial charge in [0, 0.05) is 81.3 Å². The third kappa shape index (κ3) is 3.80. The zero-order chi connectivity index (χ0) is 25.3. The summed E-state index contributed by atoms with van der Waals surface area (Å²) in [6.45, 7) is 0. The summed E-state index contributed by atoms with van der Waals surface area (Å²) in [6, 6.07) is 33.1. The number of rotatable bonds is 4. The molecule has 0 fully saturated rings. The molecule has 4 nitrogen and oxygen atoms in total. The smallest absolute Gasteiger partial charge is 0.0702 e. The van der Waals surface area contributed by atoms with Gasteiger partial charge in [0.2, 0.25) is 0 Å². The van der Waals surface area contributed by atoms with E-state index >= 15 is 0 Å². The van der Waals surface area contributed by atoms with Crippen LogP contribution < -0.4 is 0 Å². The van der Waals surface area contributed by atoms with E-state index in [-0.39, 0.29) is 0 Å². The highest BCUT2D eigenvalue weighted by molar-refractivity contribution is 6.20. The lowest BCUT2D eigenvalue weighted by Crippen LogP contribution is -1.94. The Labute approximate surface area is 220 Å². The Morgan fingerprint density at radius 1 is 0.342 bits per heavy atom. The minimum absolute atomic E-state index is 0.948. The Balaban J connectivity index is 1.43. The van der Waals surface area contributed by atoms with E-state index < -0.39 is 0 Å². The van der Waals surface area contributed by atoms with E-state index in [0.29, 0.717) is 0 Å². The van der Waals surface area contributed by atoms with E-state index in [1.165, 1.54) is 0 Å². The van der Waals surface area contributed by atoms with Crippen molar-refractivity contribution in [2.24, 2.45) is 0 Å². The molecule has 7 rings (SSSR count). The molecule has 0 saturated heterocycles. The lowest BCUT2D eigenvalue weighted by Gasteiger charge is -2.17. The van der Waals surface area contributed by atoms with E-state index in [1.807, 2.05) is 73.6 Å². The van der Waals surface area contributed by atoms with Crippen LogP contribution in [0.2, 0.25) is 0 Å². The highest BCUT2D eigenvalue weighted by Gasteiger charge is 2.17. The monoisotopic (exact) mass is 486 g/mol. The third-order valence-electron chi connectivity index (χ3n) is 6.96. The predicted octanol–water partition coefficient (Wildman–Crippen LogP) is 8.24. The molecule has 0 aliphatic carbocycles. The molecule has 178 valence electrons. The first-order chi connectivity index (χ1) is 18.9. The van der Waals surface area contributed by atoms with Crippen LogP contribution in [0.1, 0.15) is 0 Å². The molecule has 7 aromatic rings. The molecule has 4 aromatic heterocycles. The topological polar surface area (TPSA) is 51.6 Å². The zero-order valence-corrected chi connectivity index (χ0v) is 20.5. The van der Waals surface area contributed by atoms with Crippen molar-refractivity contribution in [1.29, 1.82) is 0 Å². The summed E-state index contributed by atoms with van der Waals surface area (Å²) in [5, 5.41) is 4.36. The van der Waals surface area contributed by atoms with Crippen molar-refractivity contribution >= 4 is 21.5 Å². The number of fused-ring (bicyclic) bond motifs is 2. The van der Waals surface area contributed by atoms with E-state index in [0.717, 1.165) is 66.3 Å². The minimum Gasteiger partial charge on any atom is -0.264 e. The van der Waals surface area contributed by atoms with E-state index in [4.69, 9.17) is 9.97 Å². The van der Waals surface area contributed by atoms with Gasteiger partial charge in [-0.05, 0) is 35.0 Å². The number of nitrogens with zero attached hydrogens (tertiary/aromatic N) is 4. The quantitative estimate of drug-likeness (QED) is 0.235. The molecule has 0 aliphatic rings. The Morgan fingerprint density at radius 3 is 1.18 bits per heavy atom. The maximum absolute atomic E-state index is 4.81. The minimum atomic E-state index is 0.948. The molecule has 0 unspecified atom stereocenters. The van der Waals surface area contributed by atoms with Crippen LogP contribution in [0.25, 0.3) is 66.3 Å². The SMILES string of the molecule is c1ccc(-c2ccc(-c3c4ccncc4c(-c4ccc(-c5ccccc5)nc4)c4ccncc34)cn2)cc1. The molecule has 0 bridgehead atoms. The summed E-state index contributed by atoms with van der Waals surface area (Å²) in [5.41, 5.74) is 8.40. The molecule has 0 N–H and O–H groups in total. The van der Waals surface area contributed by atoms with Gasteiger partial charge in [0.1, 0.15) is 0 Å². The summed E-state index contributed by atoms with van der Waals surface area (Å²) in [7, 11) is 0. The molecule has 3 aromatic carbocycles. The maximum Gasteiger partial charge on any atom is 0.0702 e. The number of benzene rings is 3. The van der Waals surface area contributed by atoms with Crippen molar-refractivity contribution in [3.8, 4) is 44.8 Å². The van der Waals surface area contributed by atoms with Gasteiger partial charge in [-0.2, -0.15) is 0 Å². The normalized spacial score (nSPS) is 11.2. The van der Waals surface area contributed by atoms with Crippen LogP contribution in [-0.4, -0.2) is 19.9 Å². The van der Waals surface area contributed by atoms with Crippen molar-refractivity contribution in [2.75, 3.05) is 0 Å². The fourth-order valence-corrected chi connectivity index (χ4v) is 5.18. The Hall–Kier alpha value is -5.22. The van der Waals surface area contributed by atoms with Crippen LogP contribution in [0.3, 0.4) is 0 Å². The lowest BCUT2D eigenvalue weighted by molar-refractivity contribution is 1.32. The Kier molecular flexibility index (Phi) is 5.41. The fourth-order valence-electron chi connectivity index (χ4n) is 5.18. The van der Waals surface area contributed by atoms with Crippen molar-refractivity contribution in [2.45, 2.75) is 0 Å². The molecule has 0 atom stereocenters. The summed E-state index contributed by atoms with van der Waals surface area (Å²) in [4.78, 5) is 18.6. The molecular formula is C34H22N4. The van der Waals surface area contributed by atoms with Gasteiger partial charge >= 0.3 is 0 Å². The van der Waals surface area contributed by atoms with Crippen LogP contribution in [0, 0.1) is 0 Å². The van der Waals surface area contributed by atoms with Crippen LogP contribution >= 0.6 is 0 Å². The molecule has 4 heteroatoms. The first-order valence-electron chi connectivity index (χ1n) is 12.5. The number of pyridine rings is 4. The molecule has 0 spiro atoms. The molecule has 38 heavy (non-hydrogen) atoms. The molecule has 0 aliphatic heterocycles. The van der Waals surface area contributed by atoms with Gasteiger partial charge < -0.3 is 0 Å². The van der Waals surface area contributed by atoms with Crippen LogP contribution in [-0.2, 0) is 0 Å². The van der Waals surface area contributed by atoms with Gasteiger partial charge in [-0.1, -0.05) is 72.8 Å². The van der Waals surface area contributed by atoms with E-state index in [1.54, 1.807) is 0 Å². The summed E-state index contributed by atoms with van der Waals surface area (Å²) < 4.78 is 0. The molecule has 0 radical (unpaired) electrons. The number of hydrogen-bond acceptors (Lipinski definition) is 4. The summed E-state index contributed by atoms with van der Waals surface area (Å²) in [5.74, 6) is 0. The van der Waals surface area contributed by atoms with Crippen molar-refractivity contribution in [3.05, 3.63) is 134 Å². The third-order valence-corrected chi connectivity index (χ3v) is 6.96. The first kappa shape index (κ1) is 22.0. The highest BCUT2D eigenvalue weighted by Crippen LogP contribution is 2.43. The molecule has 0 amide bonds. The summed E-state index contributed by atoms with van der Waals surface area (Å²) >= 11 is 0. The second-order valence-electron chi connectivity index (χ2n) is 9.19. The van der Waals surface area contributed by atoms with Crippen molar-refractivity contribution < 1.29 is 0 Å². The predicted molar refractivity (Wildman–Crippen MR) is 154 cm³/mol. The zero-order valence-electron chi connectivity index (χ0n) is 20.5. The lowest BCUT2D eigenvalue weighted by atomic mass is 9.88. The van der Waals surface area contributed by atoms with Crippen LogP contribution in [0.4, 0.5) is 0 Å². The second kappa shape index (κ2) is 9.34. The average molecular weight is 487 g/mol. The van der Waals surface area contributed by atoms with Gasteiger partial charge in [-0.15, -0.1) is 0 Å². The number of aromatic nitrogens is 4. The van der Waals surface area contributed by atoms with Gasteiger partial charge in [0.25, 0.3) is 0 Å². The first-order valence-corrected chi connectivity index (χ1v) is 12.5. The summed E-state index contributed by atoms with van der Waals surface area (Å²) in [6.07, 6.45) is 11.5. The van der Waals surface area contributed by atoms with Crippen molar-refractivity contribution in [3.63, 3.8) is 0 Å². The van der Waals surface area contributed by atoms with Crippen molar-refractivity contribution in [1.82, 2.24) is 19.9 Å². The van der Waals surface area contributed by atoms with E-state index in [2.05, 4.69) is 70.6 Å². The highest BCUT2D eigenvalue weighted by atomic mass is 14.7. The average Bonchev–Trinajstić information content (AvgIpc) is 3.01. The van der Waals surface area contributed by atoms with Gasteiger partial charge in [-0.3, -0.25) is 19.9 Å². The van der Waals surface area contributed by atoms with Crippen LogP contribution in [0.5, 0.6) is 0 Å². The Bertz CT molecular complexity index is 1680. The standard InChI is InChI=1S/C34H22N4/c1-3-7-23(8-4-1)31-13-11-25(19-37-31)33-27-15-17-36-22-30(27)34(28-16-18-35-21-29(28)33)26-12-14-32(38-20-26)24-9-5-2-6-10-24/h1-22H. The van der Waals surface area contributed by atoms with E-state index in [9.17, 15) is 0 Å².